The molecule has 1 aromatic rings. The van der Waals surface area contributed by atoms with Gasteiger partial charge in [0, 0.05) is 19.3 Å². The van der Waals surface area contributed by atoms with Gasteiger partial charge in [0.25, 0.3) is 0 Å². The van der Waals surface area contributed by atoms with Crippen LogP contribution >= 0.6 is 0 Å². The summed E-state index contributed by atoms with van der Waals surface area (Å²) in [6.45, 7) is 3.02. The Kier molecular flexibility index (Phi) is 8.07. The summed E-state index contributed by atoms with van der Waals surface area (Å²) in [7, 11) is 5.26. The second kappa shape index (κ2) is 9.81. The standard InChI is InChI=1S/C16H26N4O3/c1-12(11-23-4)18-16(22)17-9-13-6-5-7-14(8-13)19-15(21)10-20(2)3/h5-8,12H,9-11H2,1-4H3,(H,19,21)(H2,17,18,22). The first-order chi connectivity index (χ1) is 10.9. The third-order valence-corrected chi connectivity index (χ3v) is 2.92. The minimum Gasteiger partial charge on any atom is -0.383 e. The molecular formula is C16H26N4O3. The Labute approximate surface area is 137 Å². The van der Waals surface area contributed by atoms with Gasteiger partial charge < -0.3 is 25.6 Å². The fraction of sp³-hybridized carbons (Fsp3) is 0.500. The normalized spacial score (nSPS) is 11.9. The number of carbonyl (C=O) groups excluding carboxylic acids is 2. The average Bonchev–Trinajstić information content (AvgIpc) is 2.44. The quantitative estimate of drug-likeness (QED) is 0.667. The van der Waals surface area contributed by atoms with Gasteiger partial charge >= 0.3 is 6.03 Å². The number of ether oxygens (including phenoxy) is 1. The van der Waals surface area contributed by atoms with Gasteiger partial charge in [0.2, 0.25) is 5.91 Å². The maximum atomic E-state index is 11.7. The largest absolute Gasteiger partial charge is 0.383 e. The molecule has 7 heteroatoms. The summed E-state index contributed by atoms with van der Waals surface area (Å²) < 4.78 is 4.96. The number of amides is 3. The number of nitrogens with zero attached hydrogens (tertiary/aromatic N) is 1. The van der Waals surface area contributed by atoms with Gasteiger partial charge in [-0.25, -0.2) is 4.79 Å². The van der Waals surface area contributed by atoms with Crippen LogP contribution in [0.5, 0.6) is 0 Å². The second-order valence-corrected chi connectivity index (χ2v) is 5.67. The van der Waals surface area contributed by atoms with Crippen molar-refractivity contribution in [2.24, 2.45) is 0 Å². The highest BCUT2D eigenvalue weighted by molar-refractivity contribution is 5.92. The zero-order chi connectivity index (χ0) is 17.2. The van der Waals surface area contributed by atoms with Crippen molar-refractivity contribution in [3.8, 4) is 0 Å². The van der Waals surface area contributed by atoms with Crippen LogP contribution in [0.4, 0.5) is 10.5 Å². The molecule has 3 N–H and O–H groups in total. The predicted octanol–water partition coefficient (Wildman–Crippen LogP) is 1.02. The third-order valence-electron chi connectivity index (χ3n) is 2.92. The summed E-state index contributed by atoms with van der Waals surface area (Å²) in [5.41, 5.74) is 1.62. The zero-order valence-corrected chi connectivity index (χ0v) is 14.2. The van der Waals surface area contributed by atoms with E-state index in [1.165, 1.54) is 0 Å². The van der Waals surface area contributed by atoms with Gasteiger partial charge in [-0.05, 0) is 38.7 Å². The Morgan fingerprint density at radius 3 is 2.70 bits per heavy atom. The molecule has 1 rings (SSSR count). The number of nitrogens with one attached hydrogen (secondary N) is 3. The van der Waals surface area contributed by atoms with Crippen LogP contribution in [0.15, 0.2) is 24.3 Å². The van der Waals surface area contributed by atoms with E-state index in [4.69, 9.17) is 4.74 Å². The first kappa shape index (κ1) is 18.9. The zero-order valence-electron chi connectivity index (χ0n) is 14.2. The van der Waals surface area contributed by atoms with Crippen molar-refractivity contribution in [1.29, 1.82) is 0 Å². The van der Waals surface area contributed by atoms with E-state index in [1.54, 1.807) is 12.0 Å². The number of hydrogen-bond donors (Lipinski definition) is 3. The molecule has 1 aromatic carbocycles. The molecule has 0 aliphatic rings. The van der Waals surface area contributed by atoms with Gasteiger partial charge in [-0.3, -0.25) is 4.79 Å². The predicted molar refractivity (Wildman–Crippen MR) is 90.3 cm³/mol. The maximum Gasteiger partial charge on any atom is 0.315 e. The molecule has 3 amide bonds. The first-order valence-corrected chi connectivity index (χ1v) is 7.47. The number of carbonyl (C=O) groups is 2. The van der Waals surface area contributed by atoms with Crippen LogP contribution < -0.4 is 16.0 Å². The summed E-state index contributed by atoms with van der Waals surface area (Å²) in [5, 5.41) is 8.37. The minimum absolute atomic E-state index is 0.0587. The maximum absolute atomic E-state index is 11.7. The Morgan fingerprint density at radius 2 is 2.04 bits per heavy atom. The van der Waals surface area contributed by atoms with E-state index < -0.39 is 0 Å². The van der Waals surface area contributed by atoms with Crippen molar-refractivity contribution < 1.29 is 14.3 Å². The van der Waals surface area contributed by atoms with Crippen molar-refractivity contribution >= 4 is 17.6 Å². The van der Waals surface area contributed by atoms with Gasteiger partial charge in [0.15, 0.2) is 0 Å². The van der Waals surface area contributed by atoms with Crippen LogP contribution in [0.25, 0.3) is 0 Å². The van der Waals surface area contributed by atoms with Crippen LogP contribution in [0.1, 0.15) is 12.5 Å². The lowest BCUT2D eigenvalue weighted by molar-refractivity contribution is -0.116. The van der Waals surface area contributed by atoms with Crippen molar-refractivity contribution in [3.05, 3.63) is 29.8 Å². The topological polar surface area (TPSA) is 82.7 Å². The SMILES string of the molecule is COCC(C)NC(=O)NCc1cccc(NC(=O)CN(C)C)c1. The fourth-order valence-corrected chi connectivity index (χ4v) is 2.00. The van der Waals surface area contributed by atoms with Crippen molar-refractivity contribution in [2.75, 3.05) is 39.7 Å². The molecule has 0 saturated carbocycles. The first-order valence-electron chi connectivity index (χ1n) is 7.47. The number of benzene rings is 1. The summed E-state index contributed by atoms with van der Waals surface area (Å²) in [5.74, 6) is -0.0776. The molecule has 23 heavy (non-hydrogen) atoms. The van der Waals surface area contributed by atoms with Crippen LogP contribution in [0.2, 0.25) is 0 Å². The Bertz CT molecular complexity index is 520. The molecule has 0 bridgehead atoms. The second-order valence-electron chi connectivity index (χ2n) is 5.67. The molecule has 0 aromatic heterocycles. The van der Waals surface area contributed by atoms with E-state index in [9.17, 15) is 9.59 Å². The lowest BCUT2D eigenvalue weighted by Gasteiger charge is -2.14. The summed E-state index contributed by atoms with van der Waals surface area (Å²) >= 11 is 0. The number of likely N-dealkylation sites (N-methyl/N-ethyl adjacent to an activating group) is 1. The molecule has 0 heterocycles. The molecule has 0 radical (unpaired) electrons. The highest BCUT2D eigenvalue weighted by Crippen LogP contribution is 2.10. The number of urea groups is 1. The van der Waals surface area contributed by atoms with Crippen LogP contribution in [-0.2, 0) is 16.1 Å². The lowest BCUT2D eigenvalue weighted by Crippen LogP contribution is -2.42. The van der Waals surface area contributed by atoms with E-state index in [0.717, 1.165) is 5.56 Å². The van der Waals surface area contributed by atoms with Gasteiger partial charge in [-0.1, -0.05) is 12.1 Å². The number of hydrogen-bond acceptors (Lipinski definition) is 4. The van der Waals surface area contributed by atoms with Gasteiger partial charge in [-0.2, -0.15) is 0 Å². The molecule has 1 unspecified atom stereocenters. The molecule has 128 valence electrons. The van der Waals surface area contributed by atoms with Crippen LogP contribution in [0.3, 0.4) is 0 Å². The summed E-state index contributed by atoms with van der Waals surface area (Å²) in [6, 6.07) is 7.08. The van der Waals surface area contributed by atoms with Crippen molar-refractivity contribution in [3.63, 3.8) is 0 Å². The Hall–Kier alpha value is -2.12. The Morgan fingerprint density at radius 1 is 1.30 bits per heavy atom. The smallest absolute Gasteiger partial charge is 0.315 e. The minimum atomic E-state index is -0.253. The molecule has 0 saturated heterocycles. The molecule has 0 fully saturated rings. The molecule has 0 aliphatic carbocycles. The summed E-state index contributed by atoms with van der Waals surface area (Å²) in [4.78, 5) is 25.3. The lowest BCUT2D eigenvalue weighted by atomic mass is 10.2. The van der Waals surface area contributed by atoms with E-state index in [-0.39, 0.29) is 18.0 Å². The Balaban J connectivity index is 2.47. The monoisotopic (exact) mass is 322 g/mol. The van der Waals surface area contributed by atoms with Crippen LogP contribution in [-0.4, -0.2) is 57.2 Å². The number of methoxy groups -OCH3 is 1. The molecule has 0 spiro atoms. The van der Waals surface area contributed by atoms with Gasteiger partial charge in [0.1, 0.15) is 0 Å². The van der Waals surface area contributed by atoms with E-state index >= 15 is 0 Å². The fourth-order valence-electron chi connectivity index (χ4n) is 2.00. The van der Waals surface area contributed by atoms with Crippen molar-refractivity contribution in [1.82, 2.24) is 15.5 Å². The van der Waals surface area contributed by atoms with E-state index in [2.05, 4.69) is 16.0 Å². The van der Waals surface area contributed by atoms with Crippen molar-refractivity contribution in [2.45, 2.75) is 19.5 Å². The summed E-state index contributed by atoms with van der Waals surface area (Å²) in [6.07, 6.45) is 0. The highest BCUT2D eigenvalue weighted by Gasteiger charge is 2.07. The molecule has 0 aliphatic heterocycles. The number of anilines is 1. The third kappa shape index (κ3) is 8.18. The van der Waals surface area contributed by atoms with Crippen LogP contribution in [0, 0.1) is 0 Å². The number of rotatable bonds is 8. The molecular weight excluding hydrogens is 296 g/mol. The van der Waals surface area contributed by atoms with Gasteiger partial charge in [-0.15, -0.1) is 0 Å². The van der Waals surface area contributed by atoms with E-state index in [0.29, 0.717) is 25.4 Å². The highest BCUT2D eigenvalue weighted by atomic mass is 16.5. The molecule has 1 atom stereocenters. The van der Waals surface area contributed by atoms with E-state index in [1.807, 2.05) is 45.3 Å². The van der Waals surface area contributed by atoms with Gasteiger partial charge in [0.05, 0.1) is 19.2 Å². The average molecular weight is 322 g/mol. The molecule has 7 nitrogen and oxygen atoms in total.